The molecule has 6 nitrogen and oxygen atoms in total. The van der Waals surface area contributed by atoms with E-state index in [0.717, 1.165) is 28.5 Å². The van der Waals surface area contributed by atoms with Gasteiger partial charge in [-0.2, -0.15) is 18.3 Å². The highest BCUT2D eigenvalue weighted by Gasteiger charge is 2.30. The van der Waals surface area contributed by atoms with E-state index in [9.17, 15) is 18.0 Å². The maximum Gasteiger partial charge on any atom is 0.416 e. The van der Waals surface area contributed by atoms with Crippen LogP contribution in [0.1, 0.15) is 16.7 Å². The van der Waals surface area contributed by atoms with Crippen LogP contribution in [0.5, 0.6) is 11.5 Å². The summed E-state index contributed by atoms with van der Waals surface area (Å²) < 4.78 is 49.9. The molecular formula is C28H24F3N3O3. The van der Waals surface area contributed by atoms with Crippen LogP contribution in [-0.4, -0.2) is 25.8 Å². The lowest BCUT2D eigenvalue weighted by Gasteiger charge is -2.12. The second-order valence-electron chi connectivity index (χ2n) is 8.06. The number of benzene rings is 4. The second kappa shape index (κ2) is 11.5. The summed E-state index contributed by atoms with van der Waals surface area (Å²) in [6.07, 6.45) is -3.03. The molecule has 0 bridgehead atoms. The van der Waals surface area contributed by atoms with Crippen molar-refractivity contribution in [2.24, 2.45) is 5.10 Å². The van der Waals surface area contributed by atoms with Crippen LogP contribution >= 0.6 is 0 Å². The summed E-state index contributed by atoms with van der Waals surface area (Å²) in [6, 6.07) is 24.0. The summed E-state index contributed by atoms with van der Waals surface area (Å²) in [6.45, 7) is 0.114. The lowest BCUT2D eigenvalue weighted by atomic mass is 10.1. The van der Waals surface area contributed by atoms with Gasteiger partial charge in [-0.1, -0.05) is 48.5 Å². The Morgan fingerprint density at radius 3 is 2.54 bits per heavy atom. The summed E-state index contributed by atoms with van der Waals surface area (Å²) >= 11 is 0. The van der Waals surface area contributed by atoms with Gasteiger partial charge in [0.1, 0.15) is 6.61 Å². The van der Waals surface area contributed by atoms with E-state index >= 15 is 0 Å². The predicted octanol–water partition coefficient (Wildman–Crippen LogP) is 6.01. The Hall–Kier alpha value is -4.53. The van der Waals surface area contributed by atoms with Gasteiger partial charge >= 0.3 is 6.18 Å². The maximum atomic E-state index is 12.8. The number of anilines is 1. The molecule has 0 heterocycles. The molecule has 0 aromatic heterocycles. The zero-order valence-corrected chi connectivity index (χ0v) is 19.9. The number of carbonyl (C=O) groups is 1. The summed E-state index contributed by atoms with van der Waals surface area (Å²) in [5.41, 5.74) is 3.42. The zero-order chi connectivity index (χ0) is 26.3. The van der Waals surface area contributed by atoms with Gasteiger partial charge < -0.3 is 14.8 Å². The number of hydrogen-bond donors (Lipinski definition) is 2. The molecule has 37 heavy (non-hydrogen) atoms. The molecule has 1 amide bonds. The lowest BCUT2D eigenvalue weighted by molar-refractivity contribution is -0.137. The minimum Gasteiger partial charge on any atom is -0.493 e. The standard InChI is InChI=1S/C28H24F3N3O3/c1-36-26-14-19(12-13-25(26)37-18-21-8-4-7-20-6-2-3-11-24(20)21)16-33-34-27(35)17-32-23-10-5-9-22(15-23)28(29,30)31/h2-16,32H,17-18H2,1H3,(H,34,35)/b33-16-. The minimum atomic E-state index is -4.46. The molecule has 9 heteroatoms. The topological polar surface area (TPSA) is 72.0 Å². The largest absolute Gasteiger partial charge is 0.493 e. The number of amides is 1. The molecule has 190 valence electrons. The molecule has 0 aliphatic heterocycles. The Morgan fingerprint density at radius 2 is 1.73 bits per heavy atom. The molecule has 0 saturated carbocycles. The van der Waals surface area contributed by atoms with Gasteiger partial charge in [-0.25, -0.2) is 5.43 Å². The zero-order valence-electron chi connectivity index (χ0n) is 19.9. The number of hydrogen-bond acceptors (Lipinski definition) is 5. The fourth-order valence-corrected chi connectivity index (χ4v) is 3.66. The summed E-state index contributed by atoms with van der Waals surface area (Å²) in [5, 5.41) is 8.80. The van der Waals surface area contributed by atoms with Crippen molar-refractivity contribution in [3.63, 3.8) is 0 Å². The van der Waals surface area contributed by atoms with Gasteiger partial charge in [-0.15, -0.1) is 0 Å². The molecule has 0 atom stereocenters. The van der Waals surface area contributed by atoms with Crippen molar-refractivity contribution in [2.75, 3.05) is 19.0 Å². The van der Waals surface area contributed by atoms with Crippen molar-refractivity contribution in [1.82, 2.24) is 5.43 Å². The first-order valence-electron chi connectivity index (χ1n) is 11.3. The van der Waals surface area contributed by atoms with E-state index in [0.29, 0.717) is 23.7 Å². The average molecular weight is 508 g/mol. The van der Waals surface area contributed by atoms with Crippen molar-refractivity contribution in [2.45, 2.75) is 12.8 Å². The number of ether oxygens (including phenoxy) is 2. The third kappa shape index (κ3) is 6.78. The number of fused-ring (bicyclic) bond motifs is 1. The molecular weight excluding hydrogens is 483 g/mol. The molecule has 4 aromatic carbocycles. The number of alkyl halides is 3. The molecule has 0 unspecified atom stereocenters. The normalized spacial score (nSPS) is 11.5. The number of nitrogens with one attached hydrogen (secondary N) is 2. The van der Waals surface area contributed by atoms with Crippen molar-refractivity contribution < 1.29 is 27.4 Å². The number of nitrogens with zero attached hydrogens (tertiary/aromatic N) is 1. The van der Waals surface area contributed by atoms with Gasteiger partial charge in [-0.3, -0.25) is 4.79 Å². The second-order valence-corrected chi connectivity index (χ2v) is 8.06. The van der Waals surface area contributed by atoms with E-state index in [4.69, 9.17) is 9.47 Å². The number of halogens is 3. The monoisotopic (exact) mass is 507 g/mol. The van der Waals surface area contributed by atoms with E-state index in [1.165, 1.54) is 25.5 Å². The molecule has 0 aliphatic rings. The Bertz CT molecular complexity index is 1420. The minimum absolute atomic E-state index is 0.178. The van der Waals surface area contributed by atoms with Crippen LogP contribution in [0.3, 0.4) is 0 Å². The van der Waals surface area contributed by atoms with Crippen LogP contribution in [-0.2, 0) is 17.6 Å². The van der Waals surface area contributed by atoms with E-state index in [1.54, 1.807) is 18.2 Å². The third-order valence-corrected chi connectivity index (χ3v) is 5.50. The Morgan fingerprint density at radius 1 is 0.946 bits per heavy atom. The Kier molecular flexibility index (Phi) is 7.92. The van der Waals surface area contributed by atoms with Crippen LogP contribution in [0.2, 0.25) is 0 Å². The number of carbonyl (C=O) groups excluding carboxylic acids is 1. The van der Waals surface area contributed by atoms with Gasteiger partial charge in [-0.05, 0) is 58.3 Å². The first-order valence-corrected chi connectivity index (χ1v) is 11.3. The van der Waals surface area contributed by atoms with E-state index < -0.39 is 17.6 Å². The Labute approximate surface area is 211 Å². The maximum absolute atomic E-state index is 12.8. The van der Waals surface area contributed by atoms with Crippen molar-refractivity contribution in [1.29, 1.82) is 0 Å². The molecule has 2 N–H and O–H groups in total. The van der Waals surface area contributed by atoms with Crippen molar-refractivity contribution in [3.05, 3.63) is 102 Å². The summed E-state index contributed by atoms with van der Waals surface area (Å²) in [7, 11) is 1.53. The molecule has 0 radical (unpaired) electrons. The third-order valence-electron chi connectivity index (χ3n) is 5.50. The summed E-state index contributed by atoms with van der Waals surface area (Å²) in [4.78, 5) is 12.0. The SMILES string of the molecule is COc1cc(/C=N\NC(=O)CNc2cccc(C(F)(F)F)c2)ccc1OCc1cccc2ccccc12. The smallest absolute Gasteiger partial charge is 0.416 e. The predicted molar refractivity (Wildman–Crippen MR) is 137 cm³/mol. The van der Waals surface area contributed by atoms with Gasteiger partial charge in [0.15, 0.2) is 11.5 Å². The highest BCUT2D eigenvalue weighted by atomic mass is 19.4. The van der Waals surface area contributed by atoms with E-state index in [2.05, 4.69) is 15.8 Å². The van der Waals surface area contributed by atoms with Crippen LogP contribution < -0.4 is 20.2 Å². The first-order chi connectivity index (χ1) is 17.8. The number of hydrazone groups is 1. The highest BCUT2D eigenvalue weighted by Crippen LogP contribution is 2.31. The molecule has 0 saturated heterocycles. The number of rotatable bonds is 9. The van der Waals surface area contributed by atoms with E-state index in [1.807, 2.05) is 42.5 Å². The lowest BCUT2D eigenvalue weighted by Crippen LogP contribution is -2.26. The highest BCUT2D eigenvalue weighted by molar-refractivity contribution is 5.86. The van der Waals surface area contributed by atoms with E-state index in [-0.39, 0.29) is 12.2 Å². The molecule has 4 rings (SSSR count). The van der Waals surface area contributed by atoms with Crippen LogP contribution in [0.4, 0.5) is 18.9 Å². The fraction of sp³-hybridized carbons (Fsp3) is 0.143. The summed E-state index contributed by atoms with van der Waals surface area (Å²) in [5.74, 6) is 0.541. The first kappa shape index (κ1) is 25.6. The van der Waals surface area contributed by atoms with Gasteiger partial charge in [0.05, 0.1) is 25.4 Å². The van der Waals surface area contributed by atoms with Crippen molar-refractivity contribution >= 4 is 28.6 Å². The fourth-order valence-electron chi connectivity index (χ4n) is 3.66. The quantitative estimate of drug-likeness (QED) is 0.215. The van der Waals surface area contributed by atoms with Crippen LogP contribution in [0.15, 0.2) is 90.0 Å². The van der Waals surface area contributed by atoms with Gasteiger partial charge in [0, 0.05) is 5.69 Å². The van der Waals surface area contributed by atoms with Crippen molar-refractivity contribution in [3.8, 4) is 11.5 Å². The molecule has 4 aromatic rings. The van der Waals surface area contributed by atoms with Gasteiger partial charge in [0.25, 0.3) is 5.91 Å². The molecule has 0 spiro atoms. The van der Waals surface area contributed by atoms with Gasteiger partial charge in [0.2, 0.25) is 0 Å². The Balaban J connectivity index is 1.32. The van der Waals surface area contributed by atoms with Crippen LogP contribution in [0, 0.1) is 0 Å². The van der Waals surface area contributed by atoms with Crippen LogP contribution in [0.25, 0.3) is 10.8 Å². The molecule has 0 aliphatic carbocycles. The molecule has 0 fully saturated rings. The average Bonchev–Trinajstić information content (AvgIpc) is 2.90. The number of methoxy groups -OCH3 is 1.